The van der Waals surface area contributed by atoms with E-state index in [0.717, 1.165) is 16.7 Å². The Morgan fingerprint density at radius 3 is 2.59 bits per heavy atom. The summed E-state index contributed by atoms with van der Waals surface area (Å²) < 4.78 is 31.0. The number of guanidine groups is 1. The number of carbonyl (C=O) groups is 1. The molecular weight excluding hydrogens is 498 g/mol. The van der Waals surface area contributed by atoms with Crippen molar-refractivity contribution in [2.75, 3.05) is 5.75 Å². The zero-order valence-corrected chi connectivity index (χ0v) is 20.2. The van der Waals surface area contributed by atoms with Crippen molar-refractivity contribution in [3.8, 4) is 39.8 Å². The van der Waals surface area contributed by atoms with Gasteiger partial charge in [-0.1, -0.05) is 35.5 Å². The number of nitrogens with two attached hydrogens (primary N) is 2. The van der Waals surface area contributed by atoms with Gasteiger partial charge in [0.2, 0.25) is 0 Å². The third-order valence-electron chi connectivity index (χ3n) is 5.78. The Labute approximate surface area is 212 Å². The van der Waals surface area contributed by atoms with Crippen LogP contribution in [0.15, 0.2) is 64.1 Å². The first-order valence-corrected chi connectivity index (χ1v) is 12.8. The predicted octanol–water partition coefficient (Wildman–Crippen LogP) is 3.57. The molecule has 0 bridgehead atoms. The fraction of sp³-hybridized carbons (Fsp3) is 0.125. The maximum Gasteiger partial charge on any atom is 0.411 e. The van der Waals surface area contributed by atoms with E-state index in [4.69, 9.17) is 26.1 Å². The van der Waals surface area contributed by atoms with Crippen LogP contribution in [0.4, 0.5) is 4.79 Å². The molecule has 0 unspecified atom stereocenters. The van der Waals surface area contributed by atoms with E-state index in [0.29, 0.717) is 40.6 Å². The van der Waals surface area contributed by atoms with E-state index in [2.05, 4.69) is 20.4 Å². The molecule has 13 heteroatoms. The van der Waals surface area contributed by atoms with Crippen molar-refractivity contribution in [2.24, 2.45) is 11.5 Å². The number of aromatic nitrogens is 3. The molecule has 0 atom stereocenters. The van der Waals surface area contributed by atoms with Crippen molar-refractivity contribution < 1.29 is 23.2 Å². The molecule has 2 aromatic carbocycles. The van der Waals surface area contributed by atoms with Gasteiger partial charge in [0.15, 0.2) is 17.4 Å². The van der Waals surface area contributed by atoms with Gasteiger partial charge >= 0.3 is 6.09 Å². The molecule has 1 aliphatic heterocycles. The molecule has 0 saturated heterocycles. The van der Waals surface area contributed by atoms with Crippen LogP contribution in [0.5, 0.6) is 5.88 Å². The lowest BCUT2D eigenvalue weighted by atomic mass is 10.1. The summed E-state index contributed by atoms with van der Waals surface area (Å²) in [5.41, 5.74) is 14.9. The third kappa shape index (κ3) is 5.09. The molecule has 0 saturated carbocycles. The van der Waals surface area contributed by atoms with Crippen LogP contribution in [0.1, 0.15) is 11.1 Å². The molecule has 2 aromatic heterocycles. The lowest BCUT2D eigenvalue weighted by Crippen LogP contribution is -2.29. The van der Waals surface area contributed by atoms with E-state index in [1.165, 1.54) is 6.20 Å². The molecule has 4 aromatic rings. The van der Waals surface area contributed by atoms with Crippen LogP contribution in [0, 0.1) is 5.41 Å². The largest absolute Gasteiger partial charge is 0.411 e. The summed E-state index contributed by atoms with van der Waals surface area (Å²) in [5.74, 6) is 0.250. The predicted molar refractivity (Wildman–Crippen MR) is 137 cm³/mol. The summed E-state index contributed by atoms with van der Waals surface area (Å²) in [5, 5.41) is 14.1. The average Bonchev–Trinajstić information content (AvgIpc) is 3.47. The average molecular weight is 522 g/mol. The fourth-order valence-corrected chi connectivity index (χ4v) is 5.57. The van der Waals surface area contributed by atoms with E-state index in [-0.39, 0.29) is 23.3 Å². The Balaban J connectivity index is 1.47. The van der Waals surface area contributed by atoms with E-state index in [1.807, 2.05) is 30.3 Å². The summed E-state index contributed by atoms with van der Waals surface area (Å²) in [7, 11) is -2.76. The van der Waals surface area contributed by atoms with E-state index >= 15 is 0 Å². The van der Waals surface area contributed by atoms with Gasteiger partial charge in [-0.3, -0.25) is 14.5 Å². The molecule has 0 radical (unpaired) electrons. The lowest BCUT2D eigenvalue weighted by molar-refractivity contribution is 0.209. The molecule has 0 fully saturated rings. The molecule has 37 heavy (non-hydrogen) atoms. The molecule has 1 aliphatic rings. The Kier molecular flexibility index (Phi) is 6.25. The smallest absolute Gasteiger partial charge is 0.389 e. The Hall–Kier alpha value is -4.46. The molecule has 3 heterocycles. The van der Waals surface area contributed by atoms with Crippen LogP contribution >= 0.6 is 10.6 Å². The first kappa shape index (κ1) is 24.2. The summed E-state index contributed by atoms with van der Waals surface area (Å²) in [6, 6.07) is 14.3. The maximum absolute atomic E-state index is 11.5. The second-order valence-electron chi connectivity index (χ2n) is 8.31. The minimum Gasteiger partial charge on any atom is -0.389 e. The fourth-order valence-electron chi connectivity index (χ4n) is 3.98. The first-order chi connectivity index (χ1) is 17.7. The second kappa shape index (κ2) is 9.54. The first-order valence-electron chi connectivity index (χ1n) is 11.1. The van der Waals surface area contributed by atoms with Gasteiger partial charge in [-0.15, -0.1) is 0 Å². The highest BCUT2D eigenvalue weighted by Gasteiger charge is 2.27. The van der Waals surface area contributed by atoms with Gasteiger partial charge in [0, 0.05) is 29.5 Å². The topological polar surface area (TPSA) is 206 Å². The van der Waals surface area contributed by atoms with Gasteiger partial charge in [-0.05, 0) is 29.7 Å². The highest BCUT2D eigenvalue weighted by Crippen LogP contribution is 2.55. The Bertz CT molecular complexity index is 1500. The summed E-state index contributed by atoms with van der Waals surface area (Å²) in [6.07, 6.45) is 0.922. The monoisotopic (exact) mass is 521 g/mol. The van der Waals surface area contributed by atoms with Gasteiger partial charge in [-0.25, -0.2) is 14.8 Å². The van der Waals surface area contributed by atoms with Crippen LogP contribution in [0.25, 0.3) is 34.0 Å². The number of rotatable bonds is 6. The highest BCUT2D eigenvalue weighted by molar-refractivity contribution is 8.24. The molecule has 8 N–H and O–H groups in total. The maximum atomic E-state index is 11.5. The van der Waals surface area contributed by atoms with Crippen LogP contribution in [0.3, 0.4) is 0 Å². The minimum absolute atomic E-state index is 0.113. The molecule has 0 spiro atoms. The van der Waals surface area contributed by atoms with E-state index in [9.17, 15) is 13.9 Å². The number of nitrogens with one attached hydrogen (secondary N) is 2. The van der Waals surface area contributed by atoms with Crippen LogP contribution < -0.4 is 21.5 Å². The quantitative estimate of drug-likeness (QED) is 0.160. The summed E-state index contributed by atoms with van der Waals surface area (Å²) in [4.78, 5) is 20.8. The van der Waals surface area contributed by atoms with Crippen molar-refractivity contribution in [2.45, 2.75) is 17.9 Å². The zero-order valence-electron chi connectivity index (χ0n) is 19.3. The number of primary amides is 1. The summed E-state index contributed by atoms with van der Waals surface area (Å²) in [6.45, 7) is 0.414. The van der Waals surface area contributed by atoms with Gasteiger partial charge < -0.3 is 26.0 Å². The van der Waals surface area contributed by atoms with E-state index < -0.39 is 16.7 Å². The SMILES string of the molecule is N=C(N)NCc1ccc(-c2cc(-c3nc(-c4ccc5c(c4)CCS5(O)O)cnc3OC(N)=O)on2)cc1. The molecule has 12 nitrogen and oxygen atoms in total. The Morgan fingerprint density at radius 1 is 1.11 bits per heavy atom. The number of hydrogen-bond donors (Lipinski definition) is 6. The molecule has 0 aliphatic carbocycles. The van der Waals surface area contributed by atoms with Gasteiger partial charge in [0.1, 0.15) is 5.69 Å². The van der Waals surface area contributed by atoms with Crippen molar-refractivity contribution in [1.82, 2.24) is 20.4 Å². The van der Waals surface area contributed by atoms with Gasteiger partial charge in [0.05, 0.1) is 16.8 Å². The zero-order chi connectivity index (χ0) is 26.2. The van der Waals surface area contributed by atoms with Crippen LogP contribution in [0.2, 0.25) is 0 Å². The van der Waals surface area contributed by atoms with Crippen molar-refractivity contribution in [3.05, 3.63) is 65.9 Å². The van der Waals surface area contributed by atoms with E-state index in [1.54, 1.807) is 18.2 Å². The highest BCUT2D eigenvalue weighted by atomic mass is 32.3. The number of hydrogen-bond acceptors (Lipinski definition) is 9. The standard InChI is InChI=1S/C24H23N7O5S/c25-23(26)29-11-13-1-3-14(4-2-13)17-10-19(36-31-17)21-22(35-24(27)32)28-12-18(30-21)15-5-6-20-16(9-15)7-8-37(20,33)34/h1-6,9-10,12,33-34H,7-8,11H2,(H2,27,32)(H4,25,26,29). The molecule has 190 valence electrons. The molecule has 5 rings (SSSR count). The minimum atomic E-state index is -2.76. The van der Waals surface area contributed by atoms with Crippen LogP contribution in [-0.4, -0.2) is 42.0 Å². The lowest BCUT2D eigenvalue weighted by Gasteiger charge is -2.27. The van der Waals surface area contributed by atoms with Crippen molar-refractivity contribution in [3.63, 3.8) is 0 Å². The van der Waals surface area contributed by atoms with Crippen LogP contribution in [-0.2, 0) is 13.0 Å². The normalized spacial score (nSPS) is 14.5. The van der Waals surface area contributed by atoms with Gasteiger partial charge in [0.25, 0.3) is 5.88 Å². The second-order valence-corrected chi connectivity index (χ2v) is 10.5. The summed E-state index contributed by atoms with van der Waals surface area (Å²) >= 11 is 0. The van der Waals surface area contributed by atoms with Gasteiger partial charge in [-0.2, -0.15) is 10.6 Å². The van der Waals surface area contributed by atoms with Crippen molar-refractivity contribution >= 4 is 22.6 Å². The Morgan fingerprint density at radius 2 is 1.86 bits per heavy atom. The third-order valence-corrected chi connectivity index (χ3v) is 7.65. The number of ether oxygens (including phenoxy) is 1. The number of amides is 1. The number of benzene rings is 2. The number of aryl methyl sites for hydroxylation is 1. The number of fused-ring (bicyclic) bond motifs is 1. The van der Waals surface area contributed by atoms with Crippen molar-refractivity contribution in [1.29, 1.82) is 5.41 Å². The number of carbonyl (C=O) groups excluding carboxylic acids is 1. The number of nitrogens with zero attached hydrogens (tertiary/aromatic N) is 3. The molecule has 1 amide bonds. The molecular formula is C24H23N7O5S.